The molecule has 0 N–H and O–H groups in total. The van der Waals surface area contributed by atoms with Crippen molar-refractivity contribution in [2.75, 3.05) is 4.90 Å². The van der Waals surface area contributed by atoms with Crippen LogP contribution in [0.4, 0.5) is 5.69 Å². The van der Waals surface area contributed by atoms with Gasteiger partial charge in [-0.15, -0.1) is 0 Å². The fourth-order valence-electron chi connectivity index (χ4n) is 3.95. The van der Waals surface area contributed by atoms with Crippen LogP contribution in [0.1, 0.15) is 26.2 Å². The molecular weight excluding hydrogens is 350 g/mol. The summed E-state index contributed by atoms with van der Waals surface area (Å²) in [7, 11) is 0. The maximum absolute atomic E-state index is 12.8. The molecule has 1 heterocycles. The Kier molecular flexibility index (Phi) is 4.45. The molecule has 5 heteroatoms. The smallest absolute Gasteiger partial charge is 0.237 e. The Labute approximate surface area is 157 Å². The minimum absolute atomic E-state index is 0.0572. The van der Waals surface area contributed by atoms with Gasteiger partial charge in [0.25, 0.3) is 0 Å². The number of hydrogen-bond donors (Lipinski definition) is 0. The lowest BCUT2D eigenvalue weighted by Crippen LogP contribution is -2.30. The Morgan fingerprint density at radius 1 is 0.885 bits per heavy atom. The Hall–Kier alpha value is -2.33. The van der Waals surface area contributed by atoms with E-state index in [1.54, 1.807) is 48.5 Å². The molecule has 2 aromatic carbocycles. The highest BCUT2D eigenvalue weighted by Crippen LogP contribution is 2.42. The van der Waals surface area contributed by atoms with Crippen LogP contribution in [-0.4, -0.2) is 11.8 Å². The van der Waals surface area contributed by atoms with Gasteiger partial charge in [0, 0.05) is 5.02 Å². The summed E-state index contributed by atoms with van der Waals surface area (Å²) in [6.07, 6.45) is 2.63. The highest BCUT2D eigenvalue weighted by atomic mass is 35.5. The highest BCUT2D eigenvalue weighted by molar-refractivity contribution is 6.30. The first-order chi connectivity index (χ1) is 12.5. The molecule has 0 bridgehead atoms. The molecule has 0 aromatic heterocycles. The van der Waals surface area contributed by atoms with Gasteiger partial charge >= 0.3 is 0 Å². The first-order valence-electron chi connectivity index (χ1n) is 8.94. The number of nitrogens with zero attached hydrogens (tertiary/aromatic N) is 1. The van der Waals surface area contributed by atoms with E-state index in [0.29, 0.717) is 28.1 Å². The zero-order valence-electron chi connectivity index (χ0n) is 14.5. The van der Waals surface area contributed by atoms with Crippen LogP contribution in [0.5, 0.6) is 11.5 Å². The molecule has 1 aliphatic carbocycles. The lowest BCUT2D eigenvalue weighted by Gasteiger charge is -2.25. The maximum atomic E-state index is 12.8. The molecule has 4 nitrogen and oxygen atoms in total. The SMILES string of the molecule is C[C@H]1CC[C@@H]2C(=O)N(c3ccc(Oc4ccc(Cl)cc4)cc3)C(=O)[C@@H]2C1. The van der Waals surface area contributed by atoms with E-state index in [-0.39, 0.29) is 23.7 Å². The van der Waals surface area contributed by atoms with Crippen molar-refractivity contribution in [3.05, 3.63) is 53.6 Å². The lowest BCUT2D eigenvalue weighted by atomic mass is 9.76. The predicted molar refractivity (Wildman–Crippen MR) is 100 cm³/mol. The van der Waals surface area contributed by atoms with E-state index in [4.69, 9.17) is 16.3 Å². The van der Waals surface area contributed by atoms with Gasteiger partial charge in [-0.05, 0) is 73.7 Å². The minimum Gasteiger partial charge on any atom is -0.457 e. The quantitative estimate of drug-likeness (QED) is 0.710. The monoisotopic (exact) mass is 369 g/mol. The van der Waals surface area contributed by atoms with Crippen LogP contribution in [0.3, 0.4) is 0 Å². The van der Waals surface area contributed by atoms with E-state index in [1.165, 1.54) is 4.90 Å². The van der Waals surface area contributed by atoms with Gasteiger partial charge in [0.05, 0.1) is 17.5 Å². The standard InChI is InChI=1S/C21H20ClNO3/c1-13-2-11-18-19(12-13)21(25)23(20(18)24)15-5-9-17(10-6-15)26-16-7-3-14(22)4-8-16/h3-10,13,18-19H,2,11-12H2,1H3/t13-,18-,19+/m0/s1. The summed E-state index contributed by atoms with van der Waals surface area (Å²) < 4.78 is 5.77. The van der Waals surface area contributed by atoms with Gasteiger partial charge in [-0.25, -0.2) is 0 Å². The fourth-order valence-corrected chi connectivity index (χ4v) is 4.07. The van der Waals surface area contributed by atoms with E-state index in [0.717, 1.165) is 19.3 Å². The van der Waals surface area contributed by atoms with Gasteiger partial charge in [-0.3, -0.25) is 14.5 Å². The molecule has 134 valence electrons. The Bertz CT molecular complexity index is 831. The van der Waals surface area contributed by atoms with Gasteiger partial charge in [-0.2, -0.15) is 0 Å². The minimum atomic E-state index is -0.156. The number of rotatable bonds is 3. The van der Waals surface area contributed by atoms with Crippen molar-refractivity contribution in [1.29, 1.82) is 0 Å². The zero-order valence-corrected chi connectivity index (χ0v) is 15.3. The van der Waals surface area contributed by atoms with Crippen molar-refractivity contribution in [2.24, 2.45) is 17.8 Å². The van der Waals surface area contributed by atoms with Crippen molar-refractivity contribution in [1.82, 2.24) is 0 Å². The number of hydrogen-bond acceptors (Lipinski definition) is 3. The van der Waals surface area contributed by atoms with E-state index in [1.807, 2.05) is 0 Å². The molecule has 1 saturated heterocycles. The molecule has 2 aromatic rings. The van der Waals surface area contributed by atoms with Crippen LogP contribution in [0, 0.1) is 17.8 Å². The van der Waals surface area contributed by atoms with E-state index < -0.39 is 0 Å². The van der Waals surface area contributed by atoms with Crippen LogP contribution in [0.2, 0.25) is 5.02 Å². The molecular formula is C21H20ClNO3. The molecule has 2 amide bonds. The van der Waals surface area contributed by atoms with Crippen LogP contribution in [0.15, 0.2) is 48.5 Å². The molecule has 4 rings (SSSR count). The summed E-state index contributed by atoms with van der Waals surface area (Å²) in [5, 5.41) is 0.648. The maximum Gasteiger partial charge on any atom is 0.237 e. The fraction of sp³-hybridized carbons (Fsp3) is 0.333. The van der Waals surface area contributed by atoms with Gasteiger partial charge in [0.15, 0.2) is 0 Å². The summed E-state index contributed by atoms with van der Waals surface area (Å²) in [5.74, 6) is 1.40. The van der Waals surface area contributed by atoms with Crippen LogP contribution in [0.25, 0.3) is 0 Å². The van der Waals surface area contributed by atoms with Crippen molar-refractivity contribution < 1.29 is 14.3 Å². The third-order valence-corrected chi connectivity index (χ3v) is 5.58. The molecule has 0 unspecified atom stereocenters. The summed E-state index contributed by atoms with van der Waals surface area (Å²) in [4.78, 5) is 26.9. The average Bonchev–Trinajstić information content (AvgIpc) is 2.88. The largest absolute Gasteiger partial charge is 0.457 e. The first kappa shape index (κ1) is 17.1. The number of ether oxygens (including phenoxy) is 1. The molecule has 2 fully saturated rings. The van der Waals surface area contributed by atoms with Gasteiger partial charge in [0.1, 0.15) is 11.5 Å². The van der Waals surface area contributed by atoms with Crippen LogP contribution >= 0.6 is 11.6 Å². The summed E-state index contributed by atoms with van der Waals surface area (Å²) in [5.41, 5.74) is 0.616. The van der Waals surface area contributed by atoms with Crippen molar-refractivity contribution in [2.45, 2.75) is 26.2 Å². The van der Waals surface area contributed by atoms with Crippen LogP contribution in [-0.2, 0) is 9.59 Å². The number of halogens is 1. The second-order valence-corrected chi connectivity index (χ2v) is 7.63. The van der Waals surface area contributed by atoms with Crippen molar-refractivity contribution in [3.8, 4) is 11.5 Å². The number of fused-ring (bicyclic) bond motifs is 1. The summed E-state index contributed by atoms with van der Waals surface area (Å²) >= 11 is 5.87. The normalized spacial score (nSPS) is 25.3. The van der Waals surface area contributed by atoms with Gasteiger partial charge in [0.2, 0.25) is 11.8 Å². The second-order valence-electron chi connectivity index (χ2n) is 7.19. The average molecular weight is 370 g/mol. The number of amides is 2. The third kappa shape index (κ3) is 3.10. The summed E-state index contributed by atoms with van der Waals surface area (Å²) in [6.45, 7) is 2.15. The van der Waals surface area contributed by atoms with E-state index in [9.17, 15) is 9.59 Å². The molecule has 26 heavy (non-hydrogen) atoms. The number of carbonyl (C=O) groups is 2. The Morgan fingerprint density at radius 3 is 2.12 bits per heavy atom. The van der Waals surface area contributed by atoms with Crippen molar-refractivity contribution >= 4 is 29.1 Å². The lowest BCUT2D eigenvalue weighted by molar-refractivity contribution is -0.122. The third-order valence-electron chi connectivity index (χ3n) is 5.33. The zero-order chi connectivity index (χ0) is 18.3. The summed E-state index contributed by atoms with van der Waals surface area (Å²) in [6, 6.07) is 14.2. The number of anilines is 1. The van der Waals surface area contributed by atoms with Crippen LogP contribution < -0.4 is 9.64 Å². The first-order valence-corrected chi connectivity index (χ1v) is 9.32. The Morgan fingerprint density at radius 2 is 1.46 bits per heavy atom. The molecule has 2 aliphatic rings. The molecule has 1 saturated carbocycles. The molecule has 1 aliphatic heterocycles. The van der Waals surface area contributed by atoms with Gasteiger partial charge in [-0.1, -0.05) is 18.5 Å². The van der Waals surface area contributed by atoms with Crippen molar-refractivity contribution in [3.63, 3.8) is 0 Å². The topological polar surface area (TPSA) is 46.6 Å². The number of carbonyl (C=O) groups excluding carboxylic acids is 2. The van der Waals surface area contributed by atoms with E-state index in [2.05, 4.69) is 6.92 Å². The Balaban J connectivity index is 1.52. The van der Waals surface area contributed by atoms with Gasteiger partial charge < -0.3 is 4.74 Å². The number of benzene rings is 2. The second kappa shape index (κ2) is 6.76. The highest BCUT2D eigenvalue weighted by Gasteiger charge is 2.49. The molecule has 3 atom stereocenters. The predicted octanol–water partition coefficient (Wildman–Crippen LogP) is 5.06. The molecule has 0 radical (unpaired) electrons. The van der Waals surface area contributed by atoms with E-state index >= 15 is 0 Å². The molecule has 0 spiro atoms. The number of imide groups is 1.